The molecule has 2 aromatic rings. The third kappa shape index (κ3) is 3.90. The molecule has 1 atom stereocenters. The van der Waals surface area contributed by atoms with Gasteiger partial charge in [0.25, 0.3) is 5.91 Å². The van der Waals surface area contributed by atoms with Crippen LogP contribution in [0.1, 0.15) is 41.5 Å². The smallest absolute Gasteiger partial charge is 0.274 e. The van der Waals surface area contributed by atoms with Crippen molar-refractivity contribution in [2.24, 2.45) is 0 Å². The van der Waals surface area contributed by atoms with Crippen molar-refractivity contribution in [2.75, 3.05) is 13.1 Å². The molecule has 132 valence electrons. The highest BCUT2D eigenvalue weighted by Gasteiger charge is 2.31. The number of aryl methyl sites for hydroxylation is 1. The van der Waals surface area contributed by atoms with Gasteiger partial charge in [0.1, 0.15) is 5.69 Å². The molecule has 0 radical (unpaired) electrons. The van der Waals surface area contributed by atoms with Gasteiger partial charge in [-0.05, 0) is 25.0 Å². The molecule has 1 unspecified atom stereocenters. The number of carbonyl (C=O) groups is 2. The van der Waals surface area contributed by atoms with Gasteiger partial charge in [-0.1, -0.05) is 37.3 Å². The second-order valence-electron chi connectivity index (χ2n) is 6.51. The molecular weight excluding hydrogens is 316 g/mol. The van der Waals surface area contributed by atoms with Crippen LogP contribution < -0.4 is 0 Å². The van der Waals surface area contributed by atoms with Crippen LogP contribution in [0, 0.1) is 6.92 Å². The van der Waals surface area contributed by atoms with Crippen molar-refractivity contribution in [3.05, 3.63) is 53.3 Å². The number of amides is 2. The maximum atomic E-state index is 12.7. The van der Waals surface area contributed by atoms with E-state index < -0.39 is 0 Å². The molecule has 0 aliphatic carbocycles. The maximum Gasteiger partial charge on any atom is 0.274 e. The number of H-pyrrole nitrogens is 1. The van der Waals surface area contributed by atoms with Gasteiger partial charge < -0.3 is 9.80 Å². The minimum Gasteiger partial charge on any atom is -0.335 e. The summed E-state index contributed by atoms with van der Waals surface area (Å²) < 4.78 is 0. The van der Waals surface area contributed by atoms with Crippen molar-refractivity contribution < 1.29 is 9.59 Å². The minimum absolute atomic E-state index is 0.0131. The number of aromatic nitrogens is 2. The normalized spacial score (nSPS) is 18.3. The van der Waals surface area contributed by atoms with Crippen LogP contribution in [0.3, 0.4) is 0 Å². The number of nitrogens with zero attached hydrogens (tertiary/aromatic N) is 3. The predicted octanol–water partition coefficient (Wildman–Crippen LogP) is 2.37. The van der Waals surface area contributed by atoms with Crippen molar-refractivity contribution in [1.29, 1.82) is 0 Å². The molecule has 2 heterocycles. The molecule has 3 rings (SSSR count). The summed E-state index contributed by atoms with van der Waals surface area (Å²) in [5, 5.41) is 6.87. The van der Waals surface area contributed by atoms with E-state index >= 15 is 0 Å². The van der Waals surface area contributed by atoms with Gasteiger partial charge in [-0.3, -0.25) is 14.7 Å². The number of nitrogens with one attached hydrogen (secondary N) is 1. The third-order valence-electron chi connectivity index (χ3n) is 4.67. The maximum absolute atomic E-state index is 12.7. The third-order valence-corrected chi connectivity index (χ3v) is 4.67. The van der Waals surface area contributed by atoms with Gasteiger partial charge in [0.15, 0.2) is 0 Å². The molecule has 1 aliphatic rings. The van der Waals surface area contributed by atoms with E-state index in [9.17, 15) is 9.59 Å². The molecule has 0 bridgehead atoms. The van der Waals surface area contributed by atoms with Crippen molar-refractivity contribution in [2.45, 2.75) is 39.3 Å². The summed E-state index contributed by atoms with van der Waals surface area (Å²) in [6.45, 7) is 5.49. The molecular formula is C19H24N4O2. The highest BCUT2D eigenvalue weighted by atomic mass is 16.2. The zero-order valence-electron chi connectivity index (χ0n) is 14.7. The Morgan fingerprint density at radius 3 is 2.72 bits per heavy atom. The fourth-order valence-corrected chi connectivity index (χ4v) is 3.24. The zero-order chi connectivity index (χ0) is 17.8. The number of rotatable bonds is 4. The van der Waals surface area contributed by atoms with E-state index in [0.29, 0.717) is 31.7 Å². The summed E-state index contributed by atoms with van der Waals surface area (Å²) in [7, 11) is 0. The Labute approximate surface area is 147 Å². The van der Waals surface area contributed by atoms with Crippen LogP contribution in [-0.4, -0.2) is 50.9 Å². The van der Waals surface area contributed by atoms with Gasteiger partial charge in [0.05, 0.1) is 0 Å². The summed E-state index contributed by atoms with van der Waals surface area (Å²) >= 11 is 0. The second kappa shape index (κ2) is 7.51. The largest absolute Gasteiger partial charge is 0.335 e. The lowest BCUT2D eigenvalue weighted by Crippen LogP contribution is -2.43. The lowest BCUT2D eigenvalue weighted by molar-refractivity contribution is -0.133. The number of carbonyl (C=O) groups excluding carboxylic acids is 2. The number of benzene rings is 1. The topological polar surface area (TPSA) is 69.3 Å². The molecule has 1 saturated heterocycles. The molecule has 0 saturated carbocycles. The predicted molar refractivity (Wildman–Crippen MR) is 94.9 cm³/mol. The van der Waals surface area contributed by atoms with Crippen molar-refractivity contribution >= 4 is 11.8 Å². The van der Waals surface area contributed by atoms with Gasteiger partial charge in [0.2, 0.25) is 5.91 Å². The van der Waals surface area contributed by atoms with Gasteiger partial charge in [-0.15, -0.1) is 0 Å². The molecule has 25 heavy (non-hydrogen) atoms. The van der Waals surface area contributed by atoms with Gasteiger partial charge >= 0.3 is 0 Å². The van der Waals surface area contributed by atoms with E-state index in [1.165, 1.54) is 0 Å². The summed E-state index contributed by atoms with van der Waals surface area (Å²) in [5.74, 6) is -0.0126. The molecule has 0 spiro atoms. The number of hydrogen-bond donors (Lipinski definition) is 1. The Morgan fingerprint density at radius 2 is 2.08 bits per heavy atom. The Balaban J connectivity index is 1.77. The van der Waals surface area contributed by atoms with E-state index in [1.54, 1.807) is 11.0 Å². The van der Waals surface area contributed by atoms with Crippen LogP contribution in [0.5, 0.6) is 0 Å². The molecule has 6 nitrogen and oxygen atoms in total. The van der Waals surface area contributed by atoms with Crippen LogP contribution in [-0.2, 0) is 11.3 Å². The lowest BCUT2D eigenvalue weighted by atomic mass is 10.1. The first-order valence-electron chi connectivity index (χ1n) is 8.73. The molecule has 1 aliphatic heterocycles. The molecule has 1 N–H and O–H groups in total. The van der Waals surface area contributed by atoms with Crippen LogP contribution in [0.4, 0.5) is 0 Å². The molecule has 1 aromatic carbocycles. The molecule has 1 fully saturated rings. The highest BCUT2D eigenvalue weighted by Crippen LogP contribution is 2.19. The zero-order valence-corrected chi connectivity index (χ0v) is 14.7. The van der Waals surface area contributed by atoms with Crippen LogP contribution in [0.25, 0.3) is 0 Å². The SMILES string of the molecule is CCC1CN(C(=O)c2cc(C)[nH]n2)CCC(=O)N1Cc1ccccc1. The van der Waals surface area contributed by atoms with Crippen LogP contribution in [0.15, 0.2) is 36.4 Å². The standard InChI is InChI=1S/C19H24N4O2/c1-3-16-13-22(19(25)17-11-14(2)20-21-17)10-9-18(24)23(16)12-15-7-5-4-6-8-15/h4-8,11,16H,3,9-10,12-13H2,1-2H3,(H,20,21). The average Bonchev–Trinajstić information content (AvgIpc) is 3.00. The van der Waals surface area contributed by atoms with E-state index in [2.05, 4.69) is 17.1 Å². The molecule has 1 aromatic heterocycles. The summed E-state index contributed by atoms with van der Waals surface area (Å²) in [4.78, 5) is 29.0. The van der Waals surface area contributed by atoms with E-state index in [1.807, 2.05) is 42.2 Å². The molecule has 2 amide bonds. The molecule has 6 heteroatoms. The van der Waals surface area contributed by atoms with Crippen LogP contribution in [0.2, 0.25) is 0 Å². The van der Waals surface area contributed by atoms with E-state index in [4.69, 9.17) is 0 Å². The number of aromatic amines is 1. The van der Waals surface area contributed by atoms with Gasteiger partial charge in [0, 0.05) is 37.8 Å². The van der Waals surface area contributed by atoms with E-state index in [0.717, 1.165) is 17.7 Å². The van der Waals surface area contributed by atoms with Crippen molar-refractivity contribution in [1.82, 2.24) is 20.0 Å². The Bertz CT molecular complexity index is 741. The fraction of sp³-hybridized carbons (Fsp3) is 0.421. The summed E-state index contributed by atoms with van der Waals surface area (Å²) in [5.41, 5.74) is 2.38. The quantitative estimate of drug-likeness (QED) is 0.929. The van der Waals surface area contributed by atoms with Crippen molar-refractivity contribution in [3.63, 3.8) is 0 Å². The Hall–Kier alpha value is -2.63. The highest BCUT2D eigenvalue weighted by molar-refractivity contribution is 5.93. The fourth-order valence-electron chi connectivity index (χ4n) is 3.24. The van der Waals surface area contributed by atoms with E-state index in [-0.39, 0.29) is 17.9 Å². The monoisotopic (exact) mass is 340 g/mol. The van der Waals surface area contributed by atoms with Gasteiger partial charge in [-0.25, -0.2) is 0 Å². The minimum atomic E-state index is -0.114. The first kappa shape index (κ1) is 17.2. The lowest BCUT2D eigenvalue weighted by Gasteiger charge is -2.31. The first-order chi connectivity index (χ1) is 12.1. The summed E-state index contributed by atoms with van der Waals surface area (Å²) in [6, 6.07) is 11.7. The first-order valence-corrected chi connectivity index (χ1v) is 8.73. The van der Waals surface area contributed by atoms with Crippen LogP contribution >= 0.6 is 0 Å². The van der Waals surface area contributed by atoms with Gasteiger partial charge in [-0.2, -0.15) is 5.10 Å². The average molecular weight is 340 g/mol. The second-order valence-corrected chi connectivity index (χ2v) is 6.51. The number of hydrogen-bond acceptors (Lipinski definition) is 3. The summed E-state index contributed by atoms with van der Waals surface area (Å²) in [6.07, 6.45) is 1.15. The Morgan fingerprint density at radius 1 is 1.32 bits per heavy atom. The Kier molecular flexibility index (Phi) is 5.16. The van der Waals surface area contributed by atoms with Crippen molar-refractivity contribution in [3.8, 4) is 0 Å².